The molecule has 3 rings (SSSR count). The maximum atomic E-state index is 12.0. The summed E-state index contributed by atoms with van der Waals surface area (Å²) in [6.07, 6.45) is 3.15. The van der Waals surface area contributed by atoms with Gasteiger partial charge in [0, 0.05) is 29.6 Å². The number of hydrogen-bond donors (Lipinski definition) is 2. The number of hydrogen-bond acceptors (Lipinski definition) is 5. The van der Waals surface area contributed by atoms with E-state index in [-0.39, 0.29) is 12.5 Å². The van der Waals surface area contributed by atoms with Gasteiger partial charge in [-0.25, -0.2) is 4.98 Å². The van der Waals surface area contributed by atoms with Gasteiger partial charge in [0.15, 0.2) is 0 Å². The van der Waals surface area contributed by atoms with Crippen LogP contribution in [0.2, 0.25) is 0 Å². The van der Waals surface area contributed by atoms with Crippen LogP contribution in [0.4, 0.5) is 5.69 Å². The fourth-order valence-electron chi connectivity index (χ4n) is 3.25. The predicted octanol–water partition coefficient (Wildman–Crippen LogP) is 3.45. The van der Waals surface area contributed by atoms with E-state index in [9.17, 15) is 4.79 Å². The lowest BCUT2D eigenvalue weighted by molar-refractivity contribution is -0.116. The molecular weight excluding hydrogens is 356 g/mol. The summed E-state index contributed by atoms with van der Waals surface area (Å²) in [6, 6.07) is 5.77. The minimum absolute atomic E-state index is 0.0331. The van der Waals surface area contributed by atoms with Crippen LogP contribution in [0.25, 0.3) is 22.2 Å². The van der Waals surface area contributed by atoms with Crippen LogP contribution in [0.1, 0.15) is 31.0 Å². The summed E-state index contributed by atoms with van der Waals surface area (Å²) in [7, 11) is 1.58. The van der Waals surface area contributed by atoms with E-state index in [1.165, 1.54) is 0 Å². The van der Waals surface area contributed by atoms with Gasteiger partial charge in [0.05, 0.1) is 42.9 Å². The van der Waals surface area contributed by atoms with Gasteiger partial charge < -0.3 is 15.2 Å². The van der Waals surface area contributed by atoms with Gasteiger partial charge in [0.2, 0.25) is 5.91 Å². The first kappa shape index (κ1) is 19.8. The molecule has 3 aromatic rings. The third kappa shape index (κ3) is 3.99. The SMILES string of the molecule is CCCC(=O)Nc1cc2c(C)cc(-c3cn(CCO)nc3C)nc2cc1OC. The zero-order valence-corrected chi connectivity index (χ0v) is 16.7. The number of benzene rings is 1. The second-order valence-electron chi connectivity index (χ2n) is 6.81. The number of anilines is 1. The van der Waals surface area contributed by atoms with Gasteiger partial charge in [-0.05, 0) is 38.0 Å². The number of aliphatic hydroxyl groups is 1. The van der Waals surface area contributed by atoms with E-state index < -0.39 is 0 Å². The minimum Gasteiger partial charge on any atom is -0.494 e. The van der Waals surface area contributed by atoms with Gasteiger partial charge in [0.25, 0.3) is 0 Å². The number of pyridine rings is 1. The molecule has 0 bridgehead atoms. The van der Waals surface area contributed by atoms with Gasteiger partial charge >= 0.3 is 0 Å². The summed E-state index contributed by atoms with van der Waals surface area (Å²) in [6.45, 7) is 6.40. The number of aliphatic hydroxyl groups excluding tert-OH is 1. The van der Waals surface area contributed by atoms with E-state index in [1.54, 1.807) is 11.8 Å². The van der Waals surface area contributed by atoms with E-state index >= 15 is 0 Å². The smallest absolute Gasteiger partial charge is 0.224 e. The van der Waals surface area contributed by atoms with Crippen molar-refractivity contribution in [1.82, 2.24) is 14.8 Å². The molecule has 0 aliphatic heterocycles. The van der Waals surface area contributed by atoms with E-state index in [1.807, 2.05) is 45.2 Å². The molecule has 2 N–H and O–H groups in total. The molecule has 148 valence electrons. The molecule has 0 fully saturated rings. The number of rotatable bonds is 7. The number of aryl methyl sites for hydroxylation is 2. The lowest BCUT2D eigenvalue weighted by Crippen LogP contribution is -2.11. The topological polar surface area (TPSA) is 89.3 Å². The number of methoxy groups -OCH3 is 1. The highest BCUT2D eigenvalue weighted by Gasteiger charge is 2.15. The number of fused-ring (bicyclic) bond motifs is 1. The molecule has 0 saturated heterocycles. The van der Waals surface area contributed by atoms with Gasteiger partial charge in [-0.15, -0.1) is 0 Å². The number of nitrogens with one attached hydrogen (secondary N) is 1. The van der Waals surface area contributed by atoms with Crippen molar-refractivity contribution in [1.29, 1.82) is 0 Å². The Morgan fingerprint density at radius 1 is 1.29 bits per heavy atom. The second kappa shape index (κ2) is 8.39. The summed E-state index contributed by atoms with van der Waals surface area (Å²) in [5.74, 6) is 0.544. The molecule has 0 atom stereocenters. The lowest BCUT2D eigenvalue weighted by Gasteiger charge is -2.13. The summed E-state index contributed by atoms with van der Waals surface area (Å²) < 4.78 is 7.20. The molecule has 2 heterocycles. The quantitative estimate of drug-likeness (QED) is 0.653. The number of carbonyl (C=O) groups excluding carboxylic acids is 1. The number of amides is 1. The van der Waals surface area contributed by atoms with Crippen LogP contribution in [0.3, 0.4) is 0 Å². The van der Waals surface area contributed by atoms with Crippen LogP contribution in [0.15, 0.2) is 24.4 Å². The van der Waals surface area contributed by atoms with Crippen molar-refractivity contribution in [2.75, 3.05) is 19.0 Å². The number of carbonyl (C=O) groups is 1. The van der Waals surface area contributed by atoms with Crippen molar-refractivity contribution in [3.63, 3.8) is 0 Å². The van der Waals surface area contributed by atoms with Crippen LogP contribution in [0.5, 0.6) is 5.75 Å². The lowest BCUT2D eigenvalue weighted by atomic mass is 10.0. The number of aromatic nitrogens is 3. The Bertz CT molecular complexity index is 1010. The van der Waals surface area contributed by atoms with Gasteiger partial charge in [-0.2, -0.15) is 5.10 Å². The fraction of sp³-hybridized carbons (Fsp3) is 0.381. The summed E-state index contributed by atoms with van der Waals surface area (Å²) in [5, 5.41) is 17.4. The van der Waals surface area contributed by atoms with Crippen molar-refractivity contribution in [2.45, 2.75) is 40.2 Å². The molecule has 0 aliphatic rings. The minimum atomic E-state index is -0.0331. The molecule has 7 nitrogen and oxygen atoms in total. The molecule has 7 heteroatoms. The Morgan fingerprint density at radius 3 is 2.75 bits per heavy atom. The maximum absolute atomic E-state index is 12.0. The van der Waals surface area contributed by atoms with Crippen molar-refractivity contribution in [3.8, 4) is 17.0 Å². The summed E-state index contributed by atoms with van der Waals surface area (Å²) >= 11 is 0. The summed E-state index contributed by atoms with van der Waals surface area (Å²) in [5.41, 5.74) is 5.08. The van der Waals surface area contributed by atoms with Crippen LogP contribution < -0.4 is 10.1 Å². The Balaban J connectivity index is 2.07. The Labute approximate surface area is 164 Å². The second-order valence-corrected chi connectivity index (χ2v) is 6.81. The van der Waals surface area contributed by atoms with Gasteiger partial charge in [0.1, 0.15) is 5.75 Å². The van der Waals surface area contributed by atoms with E-state index in [0.29, 0.717) is 24.4 Å². The van der Waals surface area contributed by atoms with Crippen LogP contribution >= 0.6 is 0 Å². The number of nitrogens with zero attached hydrogens (tertiary/aromatic N) is 3. The molecule has 2 aromatic heterocycles. The third-order valence-corrected chi connectivity index (χ3v) is 4.64. The first-order valence-corrected chi connectivity index (χ1v) is 9.41. The van der Waals surface area contributed by atoms with Crippen molar-refractivity contribution in [3.05, 3.63) is 35.7 Å². The molecule has 0 aliphatic carbocycles. The Hall–Kier alpha value is -2.93. The van der Waals surface area contributed by atoms with E-state index in [0.717, 1.165) is 39.8 Å². The molecule has 0 spiro atoms. The molecule has 0 unspecified atom stereocenters. The molecule has 0 radical (unpaired) electrons. The third-order valence-electron chi connectivity index (χ3n) is 4.64. The van der Waals surface area contributed by atoms with Crippen LogP contribution in [-0.4, -0.2) is 39.5 Å². The summed E-state index contributed by atoms with van der Waals surface area (Å²) in [4.78, 5) is 16.8. The molecule has 0 saturated carbocycles. The van der Waals surface area contributed by atoms with Gasteiger partial charge in [-0.1, -0.05) is 6.92 Å². The average molecular weight is 382 g/mol. The standard InChI is InChI=1S/C21H26N4O3/c1-5-6-21(27)23-19-10-15-13(2)9-17(22-18(15)11-20(19)28-4)16-12-25(7-8-26)24-14(16)3/h9-12,26H,5-8H2,1-4H3,(H,23,27). The highest BCUT2D eigenvalue weighted by Crippen LogP contribution is 2.33. The van der Waals surface area contributed by atoms with Crippen molar-refractivity contribution >= 4 is 22.5 Å². The Kier molecular flexibility index (Phi) is 5.94. The first-order valence-electron chi connectivity index (χ1n) is 9.41. The largest absolute Gasteiger partial charge is 0.494 e. The zero-order valence-electron chi connectivity index (χ0n) is 16.7. The van der Waals surface area contributed by atoms with E-state index in [2.05, 4.69) is 10.4 Å². The van der Waals surface area contributed by atoms with Crippen molar-refractivity contribution in [2.24, 2.45) is 0 Å². The van der Waals surface area contributed by atoms with Crippen molar-refractivity contribution < 1.29 is 14.6 Å². The molecule has 1 amide bonds. The maximum Gasteiger partial charge on any atom is 0.224 e. The average Bonchev–Trinajstić information content (AvgIpc) is 3.02. The van der Waals surface area contributed by atoms with Gasteiger partial charge in [-0.3, -0.25) is 9.48 Å². The molecular formula is C21H26N4O3. The predicted molar refractivity (Wildman–Crippen MR) is 110 cm³/mol. The number of ether oxygens (including phenoxy) is 1. The Morgan fingerprint density at radius 2 is 2.07 bits per heavy atom. The fourth-order valence-corrected chi connectivity index (χ4v) is 3.25. The molecule has 28 heavy (non-hydrogen) atoms. The first-order chi connectivity index (χ1) is 13.5. The normalized spacial score (nSPS) is 11.0. The van der Waals surface area contributed by atoms with Crippen LogP contribution in [-0.2, 0) is 11.3 Å². The van der Waals surface area contributed by atoms with Crippen LogP contribution in [0, 0.1) is 13.8 Å². The molecule has 1 aromatic carbocycles. The highest BCUT2D eigenvalue weighted by atomic mass is 16.5. The highest BCUT2D eigenvalue weighted by molar-refractivity contribution is 5.97. The monoisotopic (exact) mass is 382 g/mol. The van der Waals surface area contributed by atoms with E-state index in [4.69, 9.17) is 14.8 Å². The zero-order chi connectivity index (χ0) is 20.3.